The smallest absolute Gasteiger partial charge is 0.415 e. The molecule has 5 atom stereocenters. The van der Waals surface area contributed by atoms with Gasteiger partial charge in [-0.05, 0) is 86.2 Å². The number of hydrogen-bond donors (Lipinski definition) is 0. The molecule has 5 fully saturated rings. The van der Waals surface area contributed by atoms with Gasteiger partial charge in [0.2, 0.25) is 0 Å². The average molecular weight is 745 g/mol. The van der Waals surface area contributed by atoms with Gasteiger partial charge in [0.05, 0.1) is 37.2 Å². The third kappa shape index (κ3) is 6.91. The monoisotopic (exact) mass is 743 g/mol. The molecular formula is C40H41Cl2N4O6+. The molecule has 5 heterocycles. The van der Waals surface area contributed by atoms with E-state index in [1.54, 1.807) is 55.0 Å². The summed E-state index contributed by atoms with van der Waals surface area (Å²) in [6.45, 7) is 3.13. The van der Waals surface area contributed by atoms with Gasteiger partial charge >= 0.3 is 12.1 Å². The summed E-state index contributed by atoms with van der Waals surface area (Å²) < 4.78 is 24.5. The van der Waals surface area contributed by atoms with E-state index in [0.717, 1.165) is 57.3 Å². The number of aromatic amines is 1. The molecule has 2 saturated carbocycles. The SMILES string of the molecule is COc1ccc([C@H](Cc2c(Cl)c[nH+]cc2Cl)OC(=O)c2ccc(CN(C(=O)O[C@]34CN5CCC3C4C5)c3cccnc3)cc2)cc1OC1CCCC1. The van der Waals surface area contributed by atoms with Crippen LogP contribution in [0.5, 0.6) is 11.5 Å². The highest BCUT2D eigenvalue weighted by Crippen LogP contribution is 2.63. The van der Waals surface area contributed by atoms with Gasteiger partial charge in [-0.15, -0.1) is 0 Å². The lowest BCUT2D eigenvalue weighted by atomic mass is 10.0. The summed E-state index contributed by atoms with van der Waals surface area (Å²) >= 11 is 13.1. The van der Waals surface area contributed by atoms with Crippen LogP contribution >= 0.6 is 23.2 Å². The van der Waals surface area contributed by atoms with Crippen LogP contribution in [0.25, 0.3) is 0 Å². The van der Waals surface area contributed by atoms with E-state index < -0.39 is 12.1 Å². The number of fused-ring (bicyclic) bond motifs is 1. The van der Waals surface area contributed by atoms with Crippen LogP contribution in [0.2, 0.25) is 10.0 Å². The van der Waals surface area contributed by atoms with Crippen LogP contribution in [0.3, 0.4) is 0 Å². The van der Waals surface area contributed by atoms with E-state index in [0.29, 0.717) is 55.8 Å². The second-order valence-electron chi connectivity index (χ2n) is 14.2. The molecule has 12 heteroatoms. The molecule has 4 aromatic rings. The second-order valence-corrected chi connectivity index (χ2v) is 15.0. The van der Waals surface area contributed by atoms with Gasteiger partial charge in [0.25, 0.3) is 0 Å². The second kappa shape index (κ2) is 14.6. The van der Waals surface area contributed by atoms with Gasteiger partial charge in [-0.1, -0.05) is 41.4 Å². The van der Waals surface area contributed by atoms with Crippen molar-refractivity contribution in [3.63, 3.8) is 0 Å². The highest BCUT2D eigenvalue weighted by molar-refractivity contribution is 6.35. The highest BCUT2D eigenvalue weighted by Gasteiger charge is 2.74. The van der Waals surface area contributed by atoms with E-state index in [9.17, 15) is 9.59 Å². The number of halogens is 2. The average Bonchev–Trinajstić information content (AvgIpc) is 3.42. The number of rotatable bonds is 12. The molecule has 9 rings (SSSR count). The number of esters is 1. The Bertz CT molecular complexity index is 1920. The van der Waals surface area contributed by atoms with Crippen molar-refractivity contribution in [2.24, 2.45) is 11.8 Å². The van der Waals surface area contributed by atoms with Crippen LogP contribution < -0.4 is 19.4 Å². The van der Waals surface area contributed by atoms with Crippen molar-refractivity contribution in [3.05, 3.63) is 112 Å². The van der Waals surface area contributed by atoms with Crippen LogP contribution in [-0.2, 0) is 22.4 Å². The maximum absolute atomic E-state index is 13.8. The third-order valence-electron chi connectivity index (χ3n) is 11.1. The maximum Gasteiger partial charge on any atom is 0.415 e. The Morgan fingerprint density at radius 1 is 1.02 bits per heavy atom. The quantitative estimate of drug-likeness (QED) is 0.137. The normalized spacial score (nSPS) is 23.5. The van der Waals surface area contributed by atoms with Crippen molar-refractivity contribution < 1.29 is 33.5 Å². The molecule has 3 saturated heterocycles. The zero-order chi connectivity index (χ0) is 35.8. The molecule has 1 amide bonds. The van der Waals surface area contributed by atoms with Crippen molar-refractivity contribution in [1.82, 2.24) is 9.88 Å². The van der Waals surface area contributed by atoms with Crippen LogP contribution in [0.4, 0.5) is 10.5 Å². The molecule has 0 radical (unpaired) electrons. The lowest BCUT2D eigenvalue weighted by Gasteiger charge is -2.31. The topological polar surface area (TPSA) is 105 Å². The summed E-state index contributed by atoms with van der Waals surface area (Å²) in [5.41, 5.74) is 2.80. The molecule has 4 bridgehead atoms. The van der Waals surface area contributed by atoms with E-state index in [4.69, 9.17) is 42.1 Å². The Hall–Kier alpha value is -4.38. The number of carbonyl (C=O) groups excluding carboxylic acids is 2. The molecular weight excluding hydrogens is 703 g/mol. The Morgan fingerprint density at radius 3 is 2.46 bits per heavy atom. The molecule has 3 aliphatic heterocycles. The van der Waals surface area contributed by atoms with Gasteiger partial charge in [0, 0.05) is 43.1 Å². The summed E-state index contributed by atoms with van der Waals surface area (Å²) in [7, 11) is 1.61. The first kappa shape index (κ1) is 34.7. The number of nitrogens with zero attached hydrogens (tertiary/aromatic N) is 3. The molecule has 2 aromatic heterocycles. The molecule has 1 N–H and O–H groups in total. The zero-order valence-electron chi connectivity index (χ0n) is 28.9. The number of piperidine rings is 3. The van der Waals surface area contributed by atoms with Crippen molar-refractivity contribution in [3.8, 4) is 11.5 Å². The predicted molar refractivity (Wildman–Crippen MR) is 195 cm³/mol. The fourth-order valence-corrected chi connectivity index (χ4v) is 8.81. The summed E-state index contributed by atoms with van der Waals surface area (Å²) in [5, 5.41) is 0.862. The van der Waals surface area contributed by atoms with Crippen molar-refractivity contribution in [2.75, 3.05) is 31.6 Å². The number of carbonyl (C=O) groups is 2. The number of amides is 1. The van der Waals surface area contributed by atoms with Gasteiger partial charge in [-0.2, -0.15) is 0 Å². The number of methoxy groups -OCH3 is 1. The number of aromatic nitrogens is 2. The van der Waals surface area contributed by atoms with Crippen molar-refractivity contribution >= 4 is 41.0 Å². The molecule has 5 aliphatic rings. The van der Waals surface area contributed by atoms with Gasteiger partial charge in [0.15, 0.2) is 23.9 Å². The lowest BCUT2D eigenvalue weighted by molar-refractivity contribution is -0.377. The van der Waals surface area contributed by atoms with E-state index in [1.165, 1.54) is 0 Å². The number of H-pyrrole nitrogens is 1. The Balaban J connectivity index is 1.01. The molecule has 3 unspecified atom stereocenters. The lowest BCUT2D eigenvalue weighted by Crippen LogP contribution is -2.42. The molecule has 0 spiro atoms. The Labute approximate surface area is 312 Å². The summed E-state index contributed by atoms with van der Waals surface area (Å²) in [4.78, 5) is 38.7. The molecule has 2 aromatic carbocycles. The fraction of sp³-hybridized carbons (Fsp3) is 0.400. The minimum Gasteiger partial charge on any atom is -0.493 e. The van der Waals surface area contributed by atoms with Gasteiger partial charge < -0.3 is 18.9 Å². The first-order valence-electron chi connectivity index (χ1n) is 17.9. The van der Waals surface area contributed by atoms with Crippen molar-refractivity contribution in [1.29, 1.82) is 0 Å². The summed E-state index contributed by atoms with van der Waals surface area (Å²) in [6.07, 6.45) is 11.1. The number of nitrogens with one attached hydrogen (secondary N) is 1. The van der Waals surface area contributed by atoms with E-state index in [2.05, 4.69) is 14.9 Å². The number of pyridine rings is 2. The van der Waals surface area contributed by atoms with E-state index in [-0.39, 0.29) is 30.8 Å². The predicted octanol–water partition coefficient (Wildman–Crippen LogP) is 7.52. The zero-order valence-corrected chi connectivity index (χ0v) is 30.4. The van der Waals surface area contributed by atoms with Crippen LogP contribution in [0.15, 0.2) is 79.4 Å². The minimum absolute atomic E-state index is 0.106. The van der Waals surface area contributed by atoms with Crippen LogP contribution in [-0.4, -0.2) is 60.4 Å². The van der Waals surface area contributed by atoms with Crippen molar-refractivity contribution in [2.45, 2.75) is 62.9 Å². The van der Waals surface area contributed by atoms with Gasteiger partial charge in [-0.25, -0.2) is 14.6 Å². The van der Waals surface area contributed by atoms with E-state index in [1.807, 2.05) is 36.4 Å². The molecule has 52 heavy (non-hydrogen) atoms. The fourth-order valence-electron chi connectivity index (χ4n) is 8.28. The minimum atomic E-state index is -0.745. The number of anilines is 1. The van der Waals surface area contributed by atoms with E-state index >= 15 is 0 Å². The molecule has 270 valence electrons. The third-order valence-corrected chi connectivity index (χ3v) is 11.8. The summed E-state index contributed by atoms with van der Waals surface area (Å²) in [6, 6.07) is 16.3. The number of hydrogen-bond acceptors (Lipinski definition) is 8. The first-order chi connectivity index (χ1) is 25.3. The highest BCUT2D eigenvalue weighted by atomic mass is 35.5. The molecule has 2 aliphatic carbocycles. The number of benzene rings is 2. The van der Waals surface area contributed by atoms with Crippen LogP contribution in [0, 0.1) is 11.8 Å². The standard InChI is InChI=1S/C40H40Cl2N4O6/c1-49-35-13-12-27(17-37(35)50-29-6-2-3-7-29)36(18-30-33(41)20-44-21-34(30)42)51-38(47)26-10-8-25(9-11-26)22-46(28-5-4-15-43-19-28)39(48)52-40-24-45-16-14-31(40)32(40)23-45/h4-5,8-13,15,17,19-21,29,31-32,36H,2-3,6-7,14,16,18,22-24H2,1H3/p+1/t31?,32?,36-,40+/m0/s1. The number of ether oxygens (including phenoxy) is 4. The Morgan fingerprint density at radius 2 is 1.81 bits per heavy atom. The van der Waals surface area contributed by atoms with Crippen LogP contribution in [0.1, 0.15) is 65.3 Å². The van der Waals surface area contributed by atoms with Gasteiger partial charge in [0.1, 0.15) is 21.8 Å². The largest absolute Gasteiger partial charge is 0.493 e. The first-order valence-corrected chi connectivity index (χ1v) is 18.7. The Kier molecular flexibility index (Phi) is 9.72. The maximum atomic E-state index is 13.8. The summed E-state index contributed by atoms with van der Waals surface area (Å²) in [5.74, 6) is 1.56. The molecule has 10 nitrogen and oxygen atoms in total. The van der Waals surface area contributed by atoms with Gasteiger partial charge in [-0.3, -0.25) is 14.8 Å².